The van der Waals surface area contributed by atoms with E-state index in [0.29, 0.717) is 12.1 Å². The minimum atomic E-state index is 0.629. The minimum Gasteiger partial charge on any atom is -0.424 e. The second-order valence-electron chi connectivity index (χ2n) is 4.50. The highest BCUT2D eigenvalue weighted by molar-refractivity contribution is 5.74. The predicted octanol–water partition coefficient (Wildman–Crippen LogP) is 2.38. The number of nitrogens with zero attached hydrogens (tertiary/aromatic N) is 1. The molecule has 1 aromatic heterocycles. The number of aromatic nitrogens is 1. The Labute approximate surface area is 100 Å². The number of benzene rings is 1. The first-order valence-electron chi connectivity index (χ1n) is 6.25. The van der Waals surface area contributed by atoms with Crippen LogP contribution in [0.15, 0.2) is 28.7 Å². The summed E-state index contributed by atoms with van der Waals surface area (Å²) in [4.78, 5) is 4.38. The van der Waals surface area contributed by atoms with E-state index >= 15 is 0 Å². The molecule has 90 valence electrons. The van der Waals surface area contributed by atoms with Gasteiger partial charge >= 0.3 is 0 Å². The first-order chi connectivity index (χ1) is 8.42. The number of nitrogens with one attached hydrogen (secondary N) is 2. The van der Waals surface area contributed by atoms with Crippen LogP contribution in [-0.2, 0) is 0 Å². The van der Waals surface area contributed by atoms with E-state index in [-0.39, 0.29) is 0 Å². The van der Waals surface area contributed by atoms with Crippen LogP contribution in [0.2, 0.25) is 0 Å². The monoisotopic (exact) mass is 231 g/mol. The summed E-state index contributed by atoms with van der Waals surface area (Å²) < 4.78 is 5.59. The van der Waals surface area contributed by atoms with Gasteiger partial charge in [-0.05, 0) is 37.9 Å². The van der Waals surface area contributed by atoms with Gasteiger partial charge in [0, 0.05) is 12.6 Å². The first kappa shape index (κ1) is 10.6. The van der Waals surface area contributed by atoms with Crippen LogP contribution in [0.1, 0.15) is 19.3 Å². The van der Waals surface area contributed by atoms with Gasteiger partial charge in [0.05, 0.1) is 0 Å². The van der Waals surface area contributed by atoms with Crippen LogP contribution in [0.5, 0.6) is 0 Å². The third-order valence-electron chi connectivity index (χ3n) is 3.23. The van der Waals surface area contributed by atoms with Gasteiger partial charge in [-0.2, -0.15) is 4.98 Å². The van der Waals surface area contributed by atoms with Crippen molar-refractivity contribution < 1.29 is 4.42 Å². The first-order valence-corrected chi connectivity index (χ1v) is 6.25. The predicted molar refractivity (Wildman–Crippen MR) is 68.1 cm³/mol. The molecule has 1 fully saturated rings. The summed E-state index contributed by atoms with van der Waals surface area (Å²) in [5.41, 5.74) is 1.75. The SMILES string of the molecule is c1ccc2oc(NCCC3CCCN3)nc2c1. The second kappa shape index (κ2) is 4.75. The molecule has 2 heterocycles. The molecule has 2 N–H and O–H groups in total. The van der Waals surface area contributed by atoms with Gasteiger partial charge in [0.15, 0.2) is 5.58 Å². The number of rotatable bonds is 4. The second-order valence-corrected chi connectivity index (χ2v) is 4.50. The smallest absolute Gasteiger partial charge is 0.295 e. The van der Waals surface area contributed by atoms with Crippen molar-refractivity contribution in [3.8, 4) is 0 Å². The summed E-state index contributed by atoms with van der Waals surface area (Å²) in [7, 11) is 0. The van der Waals surface area contributed by atoms with E-state index in [0.717, 1.165) is 30.6 Å². The van der Waals surface area contributed by atoms with E-state index in [1.165, 1.54) is 12.8 Å². The molecule has 0 radical (unpaired) electrons. The maximum atomic E-state index is 5.59. The molecule has 0 saturated carbocycles. The molecule has 3 rings (SSSR count). The highest BCUT2D eigenvalue weighted by atomic mass is 16.4. The van der Waals surface area contributed by atoms with E-state index in [9.17, 15) is 0 Å². The molecule has 1 unspecified atom stereocenters. The standard InChI is InChI=1S/C13H17N3O/c1-2-6-12-11(5-1)16-13(17-12)15-9-7-10-4-3-8-14-10/h1-2,5-6,10,14H,3-4,7-9H2,(H,15,16). The molecule has 1 atom stereocenters. The minimum absolute atomic E-state index is 0.629. The largest absolute Gasteiger partial charge is 0.424 e. The molecule has 0 aliphatic carbocycles. The molecule has 4 nitrogen and oxygen atoms in total. The zero-order chi connectivity index (χ0) is 11.5. The van der Waals surface area contributed by atoms with E-state index < -0.39 is 0 Å². The Balaban J connectivity index is 1.57. The molecule has 0 bridgehead atoms. The summed E-state index contributed by atoms with van der Waals surface area (Å²) in [6.45, 7) is 2.07. The van der Waals surface area contributed by atoms with E-state index in [2.05, 4.69) is 15.6 Å². The summed E-state index contributed by atoms with van der Waals surface area (Å²) >= 11 is 0. The van der Waals surface area contributed by atoms with Gasteiger partial charge in [0.25, 0.3) is 6.01 Å². The summed E-state index contributed by atoms with van der Waals surface area (Å²) in [6.07, 6.45) is 3.71. The molecule has 4 heteroatoms. The topological polar surface area (TPSA) is 50.1 Å². The van der Waals surface area contributed by atoms with Crippen molar-refractivity contribution in [2.75, 3.05) is 18.4 Å². The molecule has 1 aliphatic heterocycles. The Morgan fingerprint density at radius 2 is 2.35 bits per heavy atom. The number of fused-ring (bicyclic) bond motifs is 1. The average Bonchev–Trinajstić information content (AvgIpc) is 2.96. The molecule has 1 aliphatic rings. The van der Waals surface area contributed by atoms with Gasteiger partial charge in [-0.1, -0.05) is 12.1 Å². The molecular weight excluding hydrogens is 214 g/mol. The summed E-state index contributed by atoms with van der Waals surface area (Å²) in [6, 6.07) is 9.11. The van der Waals surface area contributed by atoms with Gasteiger partial charge in [-0.25, -0.2) is 0 Å². The van der Waals surface area contributed by atoms with Crippen LogP contribution in [0, 0.1) is 0 Å². The van der Waals surface area contributed by atoms with Gasteiger partial charge < -0.3 is 15.1 Å². The van der Waals surface area contributed by atoms with Crippen LogP contribution in [0.25, 0.3) is 11.1 Å². The summed E-state index contributed by atoms with van der Waals surface area (Å²) in [5, 5.41) is 6.72. The number of hydrogen-bond acceptors (Lipinski definition) is 4. The van der Waals surface area contributed by atoms with E-state index in [1.54, 1.807) is 0 Å². The Hall–Kier alpha value is -1.55. The lowest BCUT2D eigenvalue weighted by atomic mass is 10.2. The lowest BCUT2D eigenvalue weighted by Crippen LogP contribution is -2.24. The quantitative estimate of drug-likeness (QED) is 0.848. The lowest BCUT2D eigenvalue weighted by Gasteiger charge is -2.09. The fourth-order valence-corrected chi connectivity index (χ4v) is 2.30. The van der Waals surface area contributed by atoms with E-state index in [4.69, 9.17) is 4.42 Å². The summed E-state index contributed by atoms with van der Waals surface area (Å²) in [5.74, 6) is 0. The Morgan fingerprint density at radius 3 is 3.18 bits per heavy atom. The van der Waals surface area contributed by atoms with Crippen molar-refractivity contribution in [1.82, 2.24) is 10.3 Å². The highest BCUT2D eigenvalue weighted by Gasteiger charge is 2.13. The number of hydrogen-bond donors (Lipinski definition) is 2. The zero-order valence-corrected chi connectivity index (χ0v) is 9.78. The maximum absolute atomic E-state index is 5.59. The number of anilines is 1. The molecule has 0 spiro atoms. The maximum Gasteiger partial charge on any atom is 0.295 e. The van der Waals surface area contributed by atoms with Crippen LogP contribution in [0.3, 0.4) is 0 Å². The van der Waals surface area contributed by atoms with Crippen LogP contribution in [-0.4, -0.2) is 24.1 Å². The number of oxazole rings is 1. The van der Waals surface area contributed by atoms with E-state index in [1.807, 2.05) is 24.3 Å². The van der Waals surface area contributed by atoms with Gasteiger partial charge in [0.1, 0.15) is 5.52 Å². The molecule has 17 heavy (non-hydrogen) atoms. The van der Waals surface area contributed by atoms with Crippen molar-refractivity contribution in [2.24, 2.45) is 0 Å². The molecule has 1 aromatic carbocycles. The van der Waals surface area contributed by atoms with Crippen molar-refractivity contribution in [3.63, 3.8) is 0 Å². The van der Waals surface area contributed by atoms with Gasteiger partial charge in [0.2, 0.25) is 0 Å². The van der Waals surface area contributed by atoms with Crippen LogP contribution in [0.4, 0.5) is 6.01 Å². The zero-order valence-electron chi connectivity index (χ0n) is 9.78. The van der Waals surface area contributed by atoms with Crippen molar-refractivity contribution in [2.45, 2.75) is 25.3 Å². The lowest BCUT2D eigenvalue weighted by molar-refractivity contribution is 0.561. The Kier molecular flexibility index (Phi) is 2.96. The Bertz CT molecular complexity index is 455. The molecule has 0 amide bonds. The fraction of sp³-hybridized carbons (Fsp3) is 0.462. The third kappa shape index (κ3) is 2.42. The van der Waals surface area contributed by atoms with Crippen molar-refractivity contribution >= 4 is 17.1 Å². The molecule has 2 aromatic rings. The third-order valence-corrected chi connectivity index (χ3v) is 3.23. The van der Waals surface area contributed by atoms with Gasteiger partial charge in [-0.3, -0.25) is 0 Å². The molecular formula is C13H17N3O. The van der Waals surface area contributed by atoms with Crippen LogP contribution >= 0.6 is 0 Å². The highest BCUT2D eigenvalue weighted by Crippen LogP contribution is 2.18. The van der Waals surface area contributed by atoms with Crippen molar-refractivity contribution in [1.29, 1.82) is 0 Å². The number of para-hydroxylation sites is 2. The van der Waals surface area contributed by atoms with Gasteiger partial charge in [-0.15, -0.1) is 0 Å². The fourth-order valence-electron chi connectivity index (χ4n) is 2.30. The Morgan fingerprint density at radius 1 is 1.41 bits per heavy atom. The normalized spacial score (nSPS) is 19.9. The van der Waals surface area contributed by atoms with Crippen LogP contribution < -0.4 is 10.6 Å². The van der Waals surface area contributed by atoms with Crippen molar-refractivity contribution in [3.05, 3.63) is 24.3 Å². The average molecular weight is 231 g/mol. The molecule has 1 saturated heterocycles.